The van der Waals surface area contributed by atoms with Crippen LogP contribution >= 0.6 is 7.82 Å². The molecular formula is C19H17Na2O8P. The molecule has 0 radical (unpaired) electrons. The Hall–Kier alpha value is -0.930. The zero-order chi connectivity index (χ0) is 20.3. The van der Waals surface area contributed by atoms with E-state index in [2.05, 4.69) is 4.52 Å². The summed E-state index contributed by atoms with van der Waals surface area (Å²) in [4.78, 5) is 22.0. The van der Waals surface area contributed by atoms with Crippen molar-refractivity contribution in [3.8, 4) is 23.0 Å². The fourth-order valence-corrected chi connectivity index (χ4v) is 3.13. The Balaban J connectivity index is 0.00000225. The van der Waals surface area contributed by atoms with Crippen LogP contribution in [0.25, 0.3) is 23.1 Å². The number of rotatable bonds is 7. The van der Waals surface area contributed by atoms with Crippen molar-refractivity contribution in [2.45, 2.75) is 0 Å². The first-order chi connectivity index (χ1) is 13.3. The third-order valence-corrected chi connectivity index (χ3v) is 4.34. The molecule has 0 aliphatic heterocycles. The first kappa shape index (κ1) is 27.1. The summed E-state index contributed by atoms with van der Waals surface area (Å²) in [5.74, 6) is 1.36. The van der Waals surface area contributed by atoms with Gasteiger partial charge in [0, 0.05) is 0 Å². The first-order valence-corrected chi connectivity index (χ1v) is 9.51. The zero-order valence-corrected chi connectivity index (χ0v) is 22.2. The van der Waals surface area contributed by atoms with E-state index in [0.29, 0.717) is 33.8 Å². The quantitative estimate of drug-likeness (QED) is 0.211. The Morgan fingerprint density at radius 1 is 0.867 bits per heavy atom. The van der Waals surface area contributed by atoms with Gasteiger partial charge in [-0.05, 0) is 41.5 Å². The average Bonchev–Trinajstić information content (AvgIpc) is 3.13. The molecule has 1 aromatic heterocycles. The molecule has 0 saturated heterocycles. The predicted molar refractivity (Wildman–Crippen MR) is 99.5 cm³/mol. The first-order valence-electron chi connectivity index (χ1n) is 8.05. The maximum Gasteiger partial charge on any atom is 1.00 e. The Bertz CT molecular complexity index is 1050. The minimum Gasteiger partial charge on any atom is -0.780 e. The van der Waals surface area contributed by atoms with Crippen LogP contribution in [-0.4, -0.2) is 21.3 Å². The van der Waals surface area contributed by atoms with E-state index >= 15 is 0 Å². The number of fused-ring (bicyclic) bond motifs is 1. The molecule has 0 N–H and O–H groups in total. The normalized spacial score (nSPS) is 11.0. The number of phosphoric ester groups is 1. The second-order valence-corrected chi connectivity index (χ2v) is 6.76. The van der Waals surface area contributed by atoms with Crippen LogP contribution in [0.5, 0.6) is 23.0 Å². The van der Waals surface area contributed by atoms with Crippen molar-refractivity contribution in [3.05, 3.63) is 47.7 Å². The van der Waals surface area contributed by atoms with Gasteiger partial charge >= 0.3 is 59.1 Å². The second-order valence-electron chi connectivity index (χ2n) is 5.68. The van der Waals surface area contributed by atoms with Gasteiger partial charge in [0.2, 0.25) is 5.75 Å². The van der Waals surface area contributed by atoms with E-state index in [-0.39, 0.29) is 64.9 Å². The summed E-state index contributed by atoms with van der Waals surface area (Å²) in [6.07, 6.45) is 4.84. The van der Waals surface area contributed by atoms with Crippen LogP contribution in [0.4, 0.5) is 0 Å². The van der Waals surface area contributed by atoms with Crippen molar-refractivity contribution < 1.29 is 96.6 Å². The van der Waals surface area contributed by atoms with Crippen molar-refractivity contribution >= 4 is 30.9 Å². The van der Waals surface area contributed by atoms with Gasteiger partial charge in [-0.15, -0.1) is 0 Å². The van der Waals surface area contributed by atoms with Crippen LogP contribution in [0.2, 0.25) is 0 Å². The molecule has 3 rings (SSSR count). The minimum absolute atomic E-state index is 0. The monoisotopic (exact) mass is 450 g/mol. The van der Waals surface area contributed by atoms with Crippen LogP contribution in [0, 0.1) is 0 Å². The molecule has 0 fully saturated rings. The topological polar surface area (TPSA) is 113 Å². The number of benzene rings is 2. The van der Waals surface area contributed by atoms with E-state index in [0.717, 1.165) is 5.56 Å². The summed E-state index contributed by atoms with van der Waals surface area (Å²) in [6.45, 7) is 0. The smallest absolute Gasteiger partial charge is 0.780 e. The van der Waals surface area contributed by atoms with Gasteiger partial charge < -0.3 is 37.5 Å². The Kier molecular flexibility index (Phi) is 10.5. The van der Waals surface area contributed by atoms with E-state index in [1.165, 1.54) is 39.7 Å². The summed E-state index contributed by atoms with van der Waals surface area (Å²) >= 11 is 0. The second kappa shape index (κ2) is 11.6. The maximum atomic E-state index is 11.0. The van der Waals surface area contributed by atoms with Gasteiger partial charge in [0.05, 0.1) is 33.0 Å². The van der Waals surface area contributed by atoms with Crippen molar-refractivity contribution in [3.63, 3.8) is 0 Å². The van der Waals surface area contributed by atoms with Crippen LogP contribution in [-0.2, 0) is 4.57 Å². The van der Waals surface area contributed by atoms with E-state index in [9.17, 15) is 14.4 Å². The largest absolute Gasteiger partial charge is 1.00 e. The van der Waals surface area contributed by atoms with E-state index in [1.807, 2.05) is 0 Å². The summed E-state index contributed by atoms with van der Waals surface area (Å²) in [5.41, 5.74) is 1.70. The number of methoxy groups -OCH3 is 3. The molecule has 2 aromatic carbocycles. The van der Waals surface area contributed by atoms with Gasteiger partial charge in [-0.2, -0.15) is 0 Å². The predicted octanol–water partition coefficient (Wildman–Crippen LogP) is -3.16. The minimum atomic E-state index is -5.21. The number of ether oxygens (including phenoxy) is 3. The van der Waals surface area contributed by atoms with Crippen LogP contribution in [0.15, 0.2) is 41.0 Å². The molecule has 0 aliphatic rings. The standard InChI is InChI=1S/C19H19O8P.2Na/c1-23-17-10-13(11-18(24-2)19(17)25-3)5-4-12-8-15-14(6-7-26-15)16(9-12)27-28(20,21)22;;/h4-11H,1-3H3,(H2,20,21,22);;/q;2*+1/p-2/b5-4-;;. The molecule has 148 valence electrons. The average molecular weight is 450 g/mol. The summed E-state index contributed by atoms with van der Waals surface area (Å²) in [7, 11) is -0.659. The van der Waals surface area contributed by atoms with Gasteiger partial charge in [0.15, 0.2) is 11.5 Å². The fraction of sp³-hybridized carbons (Fsp3) is 0.158. The molecule has 0 unspecified atom stereocenters. The fourth-order valence-electron chi connectivity index (χ4n) is 2.74. The summed E-state index contributed by atoms with van der Waals surface area (Å²) in [6, 6.07) is 8.16. The Labute approximate surface area is 218 Å². The van der Waals surface area contributed by atoms with Crippen molar-refractivity contribution in [1.82, 2.24) is 0 Å². The van der Waals surface area contributed by atoms with Gasteiger partial charge in [-0.25, -0.2) is 0 Å². The third-order valence-electron chi connectivity index (χ3n) is 3.92. The Morgan fingerprint density at radius 2 is 1.40 bits per heavy atom. The molecule has 0 aliphatic carbocycles. The van der Waals surface area contributed by atoms with Crippen molar-refractivity contribution in [1.29, 1.82) is 0 Å². The molecule has 0 atom stereocenters. The number of phosphoric acid groups is 1. The van der Waals surface area contributed by atoms with Crippen LogP contribution in [0.3, 0.4) is 0 Å². The number of furan rings is 1. The number of hydrogen-bond acceptors (Lipinski definition) is 8. The van der Waals surface area contributed by atoms with E-state index in [4.69, 9.17) is 18.6 Å². The Morgan fingerprint density at radius 3 is 1.90 bits per heavy atom. The summed E-state index contributed by atoms with van der Waals surface area (Å²) < 4.78 is 36.8. The van der Waals surface area contributed by atoms with Gasteiger partial charge in [0.25, 0.3) is 0 Å². The third kappa shape index (κ3) is 6.53. The van der Waals surface area contributed by atoms with E-state index < -0.39 is 7.82 Å². The molecule has 0 amide bonds. The molecule has 11 heteroatoms. The van der Waals surface area contributed by atoms with Gasteiger partial charge in [-0.1, -0.05) is 12.2 Å². The molecule has 3 aromatic rings. The SMILES string of the molecule is COc1cc(/C=C\c2cc(OP(=O)([O-])[O-])c3ccoc3c2)cc(OC)c1OC.[Na+].[Na+]. The van der Waals surface area contributed by atoms with Gasteiger partial charge in [-0.3, -0.25) is 0 Å². The molecule has 0 bridgehead atoms. The zero-order valence-electron chi connectivity index (χ0n) is 17.3. The molecule has 0 saturated carbocycles. The molecule has 0 spiro atoms. The van der Waals surface area contributed by atoms with Crippen LogP contribution in [0.1, 0.15) is 11.1 Å². The van der Waals surface area contributed by atoms with Crippen LogP contribution < -0.4 is 87.6 Å². The number of hydrogen-bond donors (Lipinski definition) is 0. The van der Waals surface area contributed by atoms with Crippen molar-refractivity contribution in [2.75, 3.05) is 21.3 Å². The molecule has 30 heavy (non-hydrogen) atoms. The van der Waals surface area contributed by atoms with Gasteiger partial charge in [0.1, 0.15) is 19.2 Å². The maximum absolute atomic E-state index is 11.0. The molecular weight excluding hydrogens is 433 g/mol. The molecule has 8 nitrogen and oxygen atoms in total. The summed E-state index contributed by atoms with van der Waals surface area (Å²) in [5, 5.41) is 0.386. The van der Waals surface area contributed by atoms with E-state index in [1.54, 1.807) is 30.4 Å². The van der Waals surface area contributed by atoms with Crippen molar-refractivity contribution in [2.24, 2.45) is 0 Å². The molecule has 1 heterocycles.